The van der Waals surface area contributed by atoms with Crippen LogP contribution in [0.4, 0.5) is 4.39 Å². The zero-order chi connectivity index (χ0) is 16.2. The smallest absolute Gasteiger partial charge is 0.242 e. The fourth-order valence-electron chi connectivity index (χ4n) is 1.94. The molecule has 0 unspecified atom stereocenters. The summed E-state index contributed by atoms with van der Waals surface area (Å²) in [5.74, 6) is -0.690. The lowest BCUT2D eigenvalue weighted by Crippen LogP contribution is -2.29. The van der Waals surface area contributed by atoms with Gasteiger partial charge in [0.1, 0.15) is 0 Å². The molecule has 0 bridgehead atoms. The highest BCUT2D eigenvalue weighted by atomic mass is 32.2. The molecule has 1 aromatic carbocycles. The van der Waals surface area contributed by atoms with E-state index >= 15 is 0 Å². The SMILES string of the molecule is COc1ccc(S(=O)(=O)N(C)CCc2ccncc2)cc1F. The zero-order valence-electron chi connectivity index (χ0n) is 12.4. The van der Waals surface area contributed by atoms with E-state index < -0.39 is 15.8 Å². The first-order valence-electron chi connectivity index (χ1n) is 6.64. The Morgan fingerprint density at radius 1 is 1.23 bits per heavy atom. The maximum atomic E-state index is 13.7. The van der Waals surface area contributed by atoms with Crippen LogP contribution in [0.5, 0.6) is 5.75 Å². The third-order valence-corrected chi connectivity index (χ3v) is 5.15. The summed E-state index contributed by atoms with van der Waals surface area (Å²) in [7, 11) is -0.937. The van der Waals surface area contributed by atoms with E-state index in [2.05, 4.69) is 4.98 Å². The highest BCUT2D eigenvalue weighted by Gasteiger charge is 2.22. The van der Waals surface area contributed by atoms with Crippen LogP contribution in [0.1, 0.15) is 5.56 Å². The molecule has 2 aromatic rings. The summed E-state index contributed by atoms with van der Waals surface area (Å²) in [4.78, 5) is 3.82. The molecule has 1 aromatic heterocycles. The number of hydrogen-bond acceptors (Lipinski definition) is 4. The summed E-state index contributed by atoms with van der Waals surface area (Å²) >= 11 is 0. The molecular formula is C15H17FN2O3S. The summed E-state index contributed by atoms with van der Waals surface area (Å²) in [5, 5.41) is 0. The van der Waals surface area contributed by atoms with Crippen LogP contribution in [0, 0.1) is 5.82 Å². The predicted octanol–water partition coefficient (Wildman–Crippen LogP) is 2.09. The maximum absolute atomic E-state index is 13.7. The second-order valence-electron chi connectivity index (χ2n) is 4.73. The number of ether oxygens (including phenoxy) is 1. The Bertz CT molecular complexity index is 736. The van der Waals surface area contributed by atoms with Crippen molar-refractivity contribution < 1.29 is 17.5 Å². The lowest BCUT2D eigenvalue weighted by atomic mass is 10.2. The Kier molecular flexibility index (Phi) is 5.10. The van der Waals surface area contributed by atoms with E-state index in [1.54, 1.807) is 12.4 Å². The maximum Gasteiger partial charge on any atom is 0.242 e. The Morgan fingerprint density at radius 3 is 2.50 bits per heavy atom. The van der Waals surface area contributed by atoms with Gasteiger partial charge in [-0.2, -0.15) is 0 Å². The number of sulfonamides is 1. The molecule has 0 atom stereocenters. The van der Waals surface area contributed by atoms with E-state index in [-0.39, 0.29) is 10.6 Å². The van der Waals surface area contributed by atoms with Crippen molar-refractivity contribution in [3.8, 4) is 5.75 Å². The summed E-state index contributed by atoms with van der Waals surface area (Å²) in [6.45, 7) is 0.292. The number of halogens is 1. The summed E-state index contributed by atoms with van der Waals surface area (Å²) < 4.78 is 44.5. The van der Waals surface area contributed by atoms with Crippen molar-refractivity contribution in [2.75, 3.05) is 20.7 Å². The second kappa shape index (κ2) is 6.85. The minimum Gasteiger partial charge on any atom is -0.494 e. The standard InChI is InChI=1S/C15H17FN2O3S/c1-18(10-7-12-5-8-17-9-6-12)22(19,20)13-3-4-15(21-2)14(16)11-13/h3-6,8-9,11H,7,10H2,1-2H3. The topological polar surface area (TPSA) is 59.5 Å². The van der Waals surface area contributed by atoms with Gasteiger partial charge < -0.3 is 4.74 Å². The Morgan fingerprint density at radius 2 is 1.91 bits per heavy atom. The first kappa shape index (κ1) is 16.4. The average molecular weight is 324 g/mol. The molecule has 0 aliphatic carbocycles. The normalized spacial score (nSPS) is 11.6. The molecule has 2 rings (SSSR count). The molecule has 0 spiro atoms. The lowest BCUT2D eigenvalue weighted by Gasteiger charge is -2.17. The first-order valence-corrected chi connectivity index (χ1v) is 8.08. The van der Waals surface area contributed by atoms with Gasteiger partial charge in [-0.1, -0.05) is 0 Å². The molecule has 0 N–H and O–H groups in total. The molecule has 0 amide bonds. The van der Waals surface area contributed by atoms with Gasteiger partial charge in [0.25, 0.3) is 0 Å². The van der Waals surface area contributed by atoms with E-state index in [0.29, 0.717) is 13.0 Å². The predicted molar refractivity (Wildman–Crippen MR) is 80.7 cm³/mol. The van der Waals surface area contributed by atoms with Gasteiger partial charge in [0.2, 0.25) is 10.0 Å². The summed E-state index contributed by atoms with van der Waals surface area (Å²) in [5.41, 5.74) is 0.984. The van der Waals surface area contributed by atoms with Crippen LogP contribution in [0.3, 0.4) is 0 Å². The number of aromatic nitrogens is 1. The molecule has 0 saturated heterocycles. The van der Waals surface area contributed by atoms with Crippen LogP contribution < -0.4 is 4.74 Å². The van der Waals surface area contributed by atoms with Crippen LogP contribution in [0.25, 0.3) is 0 Å². The van der Waals surface area contributed by atoms with Gasteiger partial charge in [-0.15, -0.1) is 0 Å². The quantitative estimate of drug-likeness (QED) is 0.816. The van der Waals surface area contributed by atoms with Gasteiger partial charge in [-0.3, -0.25) is 4.98 Å². The minimum absolute atomic E-state index is 0.0124. The summed E-state index contributed by atoms with van der Waals surface area (Å²) in [6.07, 6.45) is 3.86. The number of benzene rings is 1. The molecule has 1 heterocycles. The lowest BCUT2D eigenvalue weighted by molar-refractivity contribution is 0.385. The van der Waals surface area contributed by atoms with Crippen LogP contribution in [-0.4, -0.2) is 38.4 Å². The van der Waals surface area contributed by atoms with Crippen LogP contribution in [0.2, 0.25) is 0 Å². The zero-order valence-corrected chi connectivity index (χ0v) is 13.2. The number of likely N-dealkylation sites (N-methyl/N-ethyl adjacent to an activating group) is 1. The Balaban J connectivity index is 2.13. The van der Waals surface area contributed by atoms with Crippen molar-refractivity contribution in [3.05, 3.63) is 54.1 Å². The van der Waals surface area contributed by atoms with Gasteiger partial charge in [0.05, 0.1) is 12.0 Å². The number of hydrogen-bond donors (Lipinski definition) is 0. The van der Waals surface area contributed by atoms with E-state index in [0.717, 1.165) is 11.6 Å². The fraction of sp³-hybridized carbons (Fsp3) is 0.267. The second-order valence-corrected chi connectivity index (χ2v) is 6.77. The molecule has 0 radical (unpaired) electrons. The Labute approximate surface area is 129 Å². The van der Waals surface area contributed by atoms with Crippen molar-refractivity contribution in [2.45, 2.75) is 11.3 Å². The van der Waals surface area contributed by atoms with Gasteiger partial charge >= 0.3 is 0 Å². The van der Waals surface area contributed by atoms with Gasteiger partial charge in [0, 0.05) is 26.0 Å². The van der Waals surface area contributed by atoms with Gasteiger partial charge in [-0.25, -0.2) is 17.1 Å². The highest BCUT2D eigenvalue weighted by molar-refractivity contribution is 7.89. The highest BCUT2D eigenvalue weighted by Crippen LogP contribution is 2.22. The van der Waals surface area contributed by atoms with Gasteiger partial charge in [-0.05, 0) is 42.3 Å². The number of methoxy groups -OCH3 is 1. The summed E-state index contributed by atoms with van der Waals surface area (Å²) in [6, 6.07) is 7.26. The molecule has 118 valence electrons. The Hall–Kier alpha value is -1.99. The molecule has 22 heavy (non-hydrogen) atoms. The molecule has 0 aliphatic rings. The van der Waals surface area contributed by atoms with Gasteiger partial charge in [0.15, 0.2) is 11.6 Å². The van der Waals surface area contributed by atoms with Crippen LogP contribution >= 0.6 is 0 Å². The molecule has 0 aliphatic heterocycles. The van der Waals surface area contributed by atoms with Crippen molar-refractivity contribution >= 4 is 10.0 Å². The molecule has 0 fully saturated rings. The first-order chi connectivity index (χ1) is 10.4. The largest absolute Gasteiger partial charge is 0.494 e. The van der Waals surface area contributed by atoms with E-state index in [1.165, 1.54) is 30.6 Å². The van der Waals surface area contributed by atoms with E-state index in [4.69, 9.17) is 4.74 Å². The van der Waals surface area contributed by atoms with Crippen molar-refractivity contribution in [1.29, 1.82) is 0 Å². The third-order valence-electron chi connectivity index (χ3n) is 3.30. The van der Waals surface area contributed by atoms with Crippen molar-refractivity contribution in [2.24, 2.45) is 0 Å². The van der Waals surface area contributed by atoms with Crippen molar-refractivity contribution in [3.63, 3.8) is 0 Å². The van der Waals surface area contributed by atoms with Crippen LogP contribution in [-0.2, 0) is 16.4 Å². The third kappa shape index (κ3) is 3.61. The minimum atomic E-state index is -3.73. The molecule has 5 nitrogen and oxygen atoms in total. The number of nitrogens with zero attached hydrogens (tertiary/aromatic N) is 2. The number of rotatable bonds is 6. The fourth-order valence-corrected chi connectivity index (χ4v) is 3.13. The molecule has 0 saturated carbocycles. The average Bonchev–Trinajstić information content (AvgIpc) is 2.53. The van der Waals surface area contributed by atoms with Crippen molar-refractivity contribution in [1.82, 2.24) is 9.29 Å². The molecule has 7 heteroatoms. The van der Waals surface area contributed by atoms with Crippen LogP contribution in [0.15, 0.2) is 47.6 Å². The number of pyridine rings is 1. The monoisotopic (exact) mass is 324 g/mol. The van der Waals surface area contributed by atoms with E-state index in [1.807, 2.05) is 12.1 Å². The molecular weight excluding hydrogens is 307 g/mol. The van der Waals surface area contributed by atoms with E-state index in [9.17, 15) is 12.8 Å².